The molecular weight excluding hydrogens is 685 g/mol. The summed E-state index contributed by atoms with van der Waals surface area (Å²) >= 11 is 1.52. The van der Waals surface area contributed by atoms with Crippen LogP contribution in [0.25, 0.3) is 10.2 Å². The third kappa shape index (κ3) is 7.66. The molecule has 3 N–H and O–H groups in total. The second kappa shape index (κ2) is 14.6. The molecule has 4 aromatic rings. The largest absolute Gasteiger partial charge is 0.490 e. The molecule has 3 aliphatic heterocycles. The number of pyridine rings is 2. The average molecular weight is 729 g/mol. The van der Waals surface area contributed by atoms with E-state index < -0.39 is 11.5 Å². The maximum Gasteiger partial charge on any atom is 0.274 e. The number of thiazole rings is 1. The first-order valence-electron chi connectivity index (χ1n) is 17.8. The summed E-state index contributed by atoms with van der Waals surface area (Å²) in [5, 5.41) is 17.6. The predicted octanol–water partition coefficient (Wildman–Crippen LogP) is 3.10. The topological polar surface area (TPSA) is 162 Å². The smallest absolute Gasteiger partial charge is 0.274 e. The molecule has 0 spiro atoms. The van der Waals surface area contributed by atoms with Gasteiger partial charge < -0.3 is 29.5 Å². The van der Waals surface area contributed by atoms with Crippen LogP contribution in [0.4, 0.5) is 16.6 Å². The van der Waals surface area contributed by atoms with Crippen molar-refractivity contribution < 1.29 is 24.2 Å². The second-order valence-corrected chi connectivity index (χ2v) is 15.2. The summed E-state index contributed by atoms with van der Waals surface area (Å²) in [7, 11) is 1.63. The molecule has 14 nitrogen and oxygen atoms in total. The van der Waals surface area contributed by atoms with E-state index in [1.165, 1.54) is 15.9 Å². The number of piperidine rings is 2. The van der Waals surface area contributed by atoms with E-state index in [-0.39, 0.29) is 35.1 Å². The fourth-order valence-electron chi connectivity index (χ4n) is 7.11. The molecule has 1 aromatic carbocycles. The van der Waals surface area contributed by atoms with Crippen molar-refractivity contribution in [3.05, 3.63) is 70.3 Å². The highest BCUT2D eigenvalue weighted by molar-refractivity contribution is 7.22. The Hall–Kier alpha value is -4.86. The number of hydrogen-bond acceptors (Lipinski definition) is 12. The minimum absolute atomic E-state index is 0.170. The zero-order chi connectivity index (χ0) is 36.6. The van der Waals surface area contributed by atoms with Crippen molar-refractivity contribution in [2.45, 2.75) is 57.2 Å². The van der Waals surface area contributed by atoms with Crippen LogP contribution >= 0.6 is 11.3 Å². The number of aliphatic hydroxyl groups is 1. The maximum absolute atomic E-state index is 13.4. The molecule has 1 atom stereocenters. The van der Waals surface area contributed by atoms with Crippen molar-refractivity contribution in [1.82, 2.24) is 24.8 Å². The van der Waals surface area contributed by atoms with E-state index >= 15 is 0 Å². The SMILES string of the molecule is CC(C)Oc1cc2nc(N3CCN(CC4(O)CCN(c5ccc(C6CCC(=O)NC6=O)cn5)CC4)CC3)sc2cc1C(=O)Nc1cccn(C)c1=O. The molecule has 0 bridgehead atoms. The predicted molar refractivity (Wildman–Crippen MR) is 199 cm³/mol. The lowest BCUT2D eigenvalue weighted by Crippen LogP contribution is -2.55. The highest BCUT2D eigenvalue weighted by atomic mass is 32.1. The molecule has 15 heteroatoms. The number of carbonyl (C=O) groups excluding carboxylic acids is 3. The number of rotatable bonds is 9. The van der Waals surface area contributed by atoms with Crippen LogP contribution < -0.4 is 30.7 Å². The van der Waals surface area contributed by atoms with Crippen LogP contribution in [-0.2, 0) is 16.6 Å². The Morgan fingerprint density at radius 2 is 1.85 bits per heavy atom. The standard InChI is InChI=1S/C37H44N8O6S/c1-23(2)51-29-20-28-30(19-26(29)34(48)39-27-5-4-12-42(3)35(27)49)52-36(40-28)45-17-15-43(16-18-45)22-37(50)10-13-44(14-11-37)31-8-6-24(21-38-31)25-7-9-32(46)41-33(25)47/h4-6,8,12,19-21,23,25,50H,7,9-11,13-18,22H2,1-3H3,(H,39,48)(H,41,46,47). The van der Waals surface area contributed by atoms with E-state index in [9.17, 15) is 24.3 Å². The van der Waals surface area contributed by atoms with Gasteiger partial charge in [-0.1, -0.05) is 17.4 Å². The van der Waals surface area contributed by atoms with E-state index in [0.29, 0.717) is 56.6 Å². The quantitative estimate of drug-likeness (QED) is 0.217. The lowest BCUT2D eigenvalue weighted by Gasteiger charge is -2.43. The number of aromatic nitrogens is 3. The molecule has 274 valence electrons. The number of anilines is 3. The van der Waals surface area contributed by atoms with Gasteiger partial charge in [-0.05, 0) is 62.9 Å². The van der Waals surface area contributed by atoms with Gasteiger partial charge in [-0.3, -0.25) is 29.4 Å². The minimum atomic E-state index is -0.797. The Bertz CT molecular complexity index is 2030. The summed E-state index contributed by atoms with van der Waals surface area (Å²) < 4.78 is 8.29. The summed E-state index contributed by atoms with van der Waals surface area (Å²) in [5.74, 6) is -0.0492. The number of nitrogens with zero attached hydrogens (tertiary/aromatic N) is 6. The Kier molecular flexibility index (Phi) is 10.0. The normalized spacial score (nSPS) is 19.6. The van der Waals surface area contributed by atoms with Gasteiger partial charge in [0.25, 0.3) is 11.5 Å². The molecule has 3 amide bonds. The Balaban J connectivity index is 0.948. The number of benzene rings is 1. The molecule has 3 aliphatic rings. The van der Waals surface area contributed by atoms with Crippen molar-refractivity contribution in [2.75, 3.05) is 60.9 Å². The van der Waals surface area contributed by atoms with Gasteiger partial charge in [-0.15, -0.1) is 0 Å². The first-order chi connectivity index (χ1) is 24.9. The molecule has 0 aliphatic carbocycles. The summed E-state index contributed by atoms with van der Waals surface area (Å²) in [5.41, 5.74) is 0.988. The zero-order valence-corrected chi connectivity index (χ0v) is 30.4. The number of ether oxygens (including phenoxy) is 1. The zero-order valence-electron chi connectivity index (χ0n) is 29.6. The number of piperazine rings is 1. The number of β-amino-alcohol motifs (C(OH)–C–C–N with tert-alkyl or cyclic N) is 1. The number of carbonyl (C=O) groups is 3. The summed E-state index contributed by atoms with van der Waals surface area (Å²) in [6, 6.07) is 10.7. The van der Waals surface area contributed by atoms with Gasteiger partial charge in [0, 0.05) is 77.7 Å². The molecule has 0 radical (unpaired) electrons. The van der Waals surface area contributed by atoms with Gasteiger partial charge in [-0.2, -0.15) is 0 Å². The molecule has 3 saturated heterocycles. The number of nitrogens with one attached hydrogen (secondary N) is 2. The molecule has 7 rings (SSSR count). The minimum Gasteiger partial charge on any atom is -0.490 e. The number of aryl methyl sites for hydroxylation is 1. The van der Waals surface area contributed by atoms with Gasteiger partial charge in [0.05, 0.1) is 33.4 Å². The number of amides is 3. The van der Waals surface area contributed by atoms with E-state index in [4.69, 9.17) is 9.72 Å². The average Bonchev–Trinajstić information content (AvgIpc) is 3.53. The third-order valence-corrected chi connectivity index (χ3v) is 11.1. The lowest BCUT2D eigenvalue weighted by atomic mass is 9.90. The van der Waals surface area contributed by atoms with Crippen LogP contribution in [0.5, 0.6) is 5.75 Å². The fraction of sp³-hybridized carbons (Fsp3) is 0.459. The Labute approximate surface area is 305 Å². The van der Waals surface area contributed by atoms with Gasteiger partial charge in [-0.25, -0.2) is 9.97 Å². The van der Waals surface area contributed by atoms with Gasteiger partial charge >= 0.3 is 0 Å². The third-order valence-electron chi connectivity index (χ3n) is 10.0. The summed E-state index contributed by atoms with van der Waals surface area (Å²) in [6.45, 7) is 8.82. The number of hydrogen-bond donors (Lipinski definition) is 3. The van der Waals surface area contributed by atoms with E-state index in [2.05, 4.69) is 30.3 Å². The van der Waals surface area contributed by atoms with Crippen molar-refractivity contribution in [1.29, 1.82) is 0 Å². The fourth-order valence-corrected chi connectivity index (χ4v) is 8.15. The first-order valence-corrected chi connectivity index (χ1v) is 18.6. The van der Waals surface area contributed by atoms with Crippen LogP contribution in [0, 0.1) is 0 Å². The number of imide groups is 1. The van der Waals surface area contributed by atoms with Crippen LogP contribution in [0.1, 0.15) is 61.4 Å². The van der Waals surface area contributed by atoms with Crippen LogP contribution in [-0.4, -0.2) is 99.8 Å². The van der Waals surface area contributed by atoms with Crippen LogP contribution in [0.3, 0.4) is 0 Å². The van der Waals surface area contributed by atoms with E-state index in [1.807, 2.05) is 26.0 Å². The molecule has 3 aromatic heterocycles. The van der Waals surface area contributed by atoms with Gasteiger partial charge in [0.1, 0.15) is 17.3 Å². The first kappa shape index (κ1) is 35.5. The summed E-state index contributed by atoms with van der Waals surface area (Å²) in [4.78, 5) is 66.0. The van der Waals surface area contributed by atoms with Crippen molar-refractivity contribution in [3.63, 3.8) is 0 Å². The van der Waals surface area contributed by atoms with Crippen molar-refractivity contribution in [3.8, 4) is 5.75 Å². The van der Waals surface area contributed by atoms with Crippen molar-refractivity contribution >= 4 is 55.9 Å². The van der Waals surface area contributed by atoms with Gasteiger partial charge in [0.15, 0.2) is 5.13 Å². The molecule has 6 heterocycles. The molecule has 1 unspecified atom stereocenters. The monoisotopic (exact) mass is 728 g/mol. The second-order valence-electron chi connectivity index (χ2n) is 14.2. The molecule has 0 saturated carbocycles. The van der Waals surface area contributed by atoms with E-state index in [1.54, 1.807) is 43.7 Å². The Morgan fingerprint density at radius 3 is 2.54 bits per heavy atom. The lowest BCUT2D eigenvalue weighted by molar-refractivity contribution is -0.134. The number of fused-ring (bicyclic) bond motifs is 1. The molecular formula is C37H44N8O6S. The highest BCUT2D eigenvalue weighted by Gasteiger charge is 2.36. The van der Waals surface area contributed by atoms with E-state index in [0.717, 1.165) is 52.9 Å². The van der Waals surface area contributed by atoms with Crippen LogP contribution in [0.15, 0.2) is 53.6 Å². The van der Waals surface area contributed by atoms with Crippen molar-refractivity contribution in [2.24, 2.45) is 7.05 Å². The molecule has 3 fully saturated rings. The van der Waals surface area contributed by atoms with Crippen LogP contribution in [0.2, 0.25) is 0 Å². The Morgan fingerprint density at radius 1 is 1.08 bits per heavy atom. The molecule has 52 heavy (non-hydrogen) atoms. The maximum atomic E-state index is 13.4. The summed E-state index contributed by atoms with van der Waals surface area (Å²) in [6.07, 6.45) is 5.26. The highest BCUT2D eigenvalue weighted by Crippen LogP contribution is 2.35. The van der Waals surface area contributed by atoms with Gasteiger partial charge in [0.2, 0.25) is 11.8 Å².